The molecule has 0 aliphatic carbocycles. The smallest absolute Gasteiger partial charge is 0.118 e. The molecule has 1 saturated heterocycles. The maximum atomic E-state index is 6.13. The molecule has 1 heterocycles. The van der Waals surface area contributed by atoms with Crippen LogP contribution in [0.4, 0.5) is 0 Å². The zero-order chi connectivity index (χ0) is 13.0. The lowest BCUT2D eigenvalue weighted by molar-refractivity contribution is 0.303. The van der Waals surface area contributed by atoms with E-state index in [4.69, 9.17) is 10.5 Å². The molecule has 100 valence electrons. The zero-order valence-electron chi connectivity index (χ0n) is 11.4. The summed E-state index contributed by atoms with van der Waals surface area (Å²) < 4.78 is 5.17. The van der Waals surface area contributed by atoms with Crippen LogP contribution >= 0.6 is 0 Å². The van der Waals surface area contributed by atoms with Gasteiger partial charge in [0, 0.05) is 19.1 Å². The van der Waals surface area contributed by atoms with Gasteiger partial charge >= 0.3 is 0 Å². The SMILES string of the molecule is CCC(N)C1CCN(Cc2ccc(OC)cc2)C1. The Morgan fingerprint density at radius 1 is 1.39 bits per heavy atom. The summed E-state index contributed by atoms with van der Waals surface area (Å²) in [6.07, 6.45) is 2.33. The van der Waals surface area contributed by atoms with Gasteiger partial charge in [-0.3, -0.25) is 4.90 Å². The first kappa shape index (κ1) is 13.4. The number of benzene rings is 1. The van der Waals surface area contributed by atoms with Gasteiger partial charge in [-0.2, -0.15) is 0 Å². The van der Waals surface area contributed by atoms with E-state index in [1.54, 1.807) is 7.11 Å². The molecule has 0 radical (unpaired) electrons. The summed E-state index contributed by atoms with van der Waals surface area (Å²) in [5, 5.41) is 0. The summed E-state index contributed by atoms with van der Waals surface area (Å²) in [5.41, 5.74) is 7.48. The van der Waals surface area contributed by atoms with Crippen molar-refractivity contribution in [1.29, 1.82) is 0 Å². The molecule has 0 aromatic heterocycles. The van der Waals surface area contributed by atoms with Crippen molar-refractivity contribution in [2.45, 2.75) is 32.4 Å². The minimum atomic E-state index is 0.367. The van der Waals surface area contributed by atoms with Crippen LogP contribution in [0.25, 0.3) is 0 Å². The molecular formula is C15H24N2O. The Morgan fingerprint density at radius 3 is 2.72 bits per heavy atom. The van der Waals surface area contributed by atoms with Crippen LogP contribution in [0.3, 0.4) is 0 Å². The Hall–Kier alpha value is -1.06. The van der Waals surface area contributed by atoms with Gasteiger partial charge in [0.05, 0.1) is 7.11 Å². The van der Waals surface area contributed by atoms with Crippen LogP contribution in [0.5, 0.6) is 5.75 Å². The third-order valence-corrected chi connectivity index (χ3v) is 3.95. The van der Waals surface area contributed by atoms with E-state index < -0.39 is 0 Å². The van der Waals surface area contributed by atoms with Crippen molar-refractivity contribution in [2.75, 3.05) is 20.2 Å². The Balaban J connectivity index is 1.87. The number of methoxy groups -OCH3 is 1. The number of rotatable bonds is 5. The summed E-state index contributed by atoms with van der Waals surface area (Å²) in [6.45, 7) is 5.51. The number of ether oxygens (including phenoxy) is 1. The fourth-order valence-corrected chi connectivity index (χ4v) is 2.68. The first-order valence-corrected chi connectivity index (χ1v) is 6.83. The van der Waals surface area contributed by atoms with Gasteiger partial charge in [0.15, 0.2) is 0 Å². The maximum Gasteiger partial charge on any atom is 0.118 e. The first-order valence-electron chi connectivity index (χ1n) is 6.83. The summed E-state index contributed by atoms with van der Waals surface area (Å²) in [4.78, 5) is 2.50. The second kappa shape index (κ2) is 6.21. The molecule has 3 nitrogen and oxygen atoms in total. The molecule has 1 aromatic rings. The van der Waals surface area contributed by atoms with Gasteiger partial charge in [0.2, 0.25) is 0 Å². The third kappa shape index (κ3) is 3.24. The molecule has 1 aromatic carbocycles. The Labute approximate surface area is 110 Å². The van der Waals surface area contributed by atoms with Crippen LogP contribution < -0.4 is 10.5 Å². The van der Waals surface area contributed by atoms with E-state index in [1.807, 2.05) is 12.1 Å². The van der Waals surface area contributed by atoms with Crippen molar-refractivity contribution in [1.82, 2.24) is 4.90 Å². The predicted molar refractivity (Wildman–Crippen MR) is 74.6 cm³/mol. The van der Waals surface area contributed by atoms with Crippen LogP contribution in [-0.4, -0.2) is 31.1 Å². The minimum absolute atomic E-state index is 0.367. The number of hydrogen-bond donors (Lipinski definition) is 1. The summed E-state index contributed by atoms with van der Waals surface area (Å²) in [5.74, 6) is 1.60. The highest BCUT2D eigenvalue weighted by Crippen LogP contribution is 2.22. The Morgan fingerprint density at radius 2 is 2.11 bits per heavy atom. The minimum Gasteiger partial charge on any atom is -0.497 e. The molecule has 0 saturated carbocycles. The number of likely N-dealkylation sites (tertiary alicyclic amines) is 1. The van der Waals surface area contributed by atoms with Crippen molar-refractivity contribution >= 4 is 0 Å². The molecule has 18 heavy (non-hydrogen) atoms. The quantitative estimate of drug-likeness (QED) is 0.868. The standard InChI is InChI=1S/C15H24N2O/c1-3-15(16)13-8-9-17(11-13)10-12-4-6-14(18-2)7-5-12/h4-7,13,15H,3,8-11,16H2,1-2H3. The fourth-order valence-electron chi connectivity index (χ4n) is 2.68. The van der Waals surface area contributed by atoms with Crippen molar-refractivity contribution in [2.24, 2.45) is 11.7 Å². The van der Waals surface area contributed by atoms with Gasteiger partial charge in [0.25, 0.3) is 0 Å². The number of hydrogen-bond acceptors (Lipinski definition) is 3. The van der Waals surface area contributed by atoms with Gasteiger partial charge in [-0.1, -0.05) is 19.1 Å². The highest BCUT2D eigenvalue weighted by Gasteiger charge is 2.26. The predicted octanol–water partition coefficient (Wildman–Crippen LogP) is 2.25. The number of nitrogens with zero attached hydrogens (tertiary/aromatic N) is 1. The average molecular weight is 248 g/mol. The van der Waals surface area contributed by atoms with E-state index in [0.717, 1.165) is 25.3 Å². The normalized spacial score (nSPS) is 22.1. The fraction of sp³-hybridized carbons (Fsp3) is 0.600. The van der Waals surface area contributed by atoms with Crippen LogP contribution in [0, 0.1) is 5.92 Å². The first-order chi connectivity index (χ1) is 8.72. The molecule has 1 aliphatic heterocycles. The Kier molecular flexibility index (Phi) is 4.61. The molecule has 2 unspecified atom stereocenters. The van der Waals surface area contributed by atoms with Crippen LogP contribution in [-0.2, 0) is 6.54 Å². The highest BCUT2D eigenvalue weighted by molar-refractivity contribution is 5.27. The molecule has 2 rings (SSSR count). The van der Waals surface area contributed by atoms with Crippen molar-refractivity contribution in [3.63, 3.8) is 0 Å². The van der Waals surface area contributed by atoms with E-state index in [1.165, 1.54) is 18.5 Å². The van der Waals surface area contributed by atoms with E-state index in [0.29, 0.717) is 12.0 Å². The van der Waals surface area contributed by atoms with Crippen LogP contribution in [0.2, 0.25) is 0 Å². The zero-order valence-corrected chi connectivity index (χ0v) is 11.4. The van der Waals surface area contributed by atoms with Gasteiger partial charge in [-0.05, 0) is 43.0 Å². The molecule has 1 aliphatic rings. The summed E-state index contributed by atoms with van der Waals surface area (Å²) in [6, 6.07) is 8.71. The van der Waals surface area contributed by atoms with E-state index in [9.17, 15) is 0 Å². The lowest BCUT2D eigenvalue weighted by Crippen LogP contribution is -2.31. The molecule has 0 spiro atoms. The number of nitrogens with two attached hydrogens (primary N) is 1. The van der Waals surface area contributed by atoms with Gasteiger partial charge in [-0.15, -0.1) is 0 Å². The van der Waals surface area contributed by atoms with Gasteiger partial charge in [-0.25, -0.2) is 0 Å². The molecule has 0 bridgehead atoms. The Bertz CT molecular complexity index is 363. The molecule has 0 amide bonds. The molecular weight excluding hydrogens is 224 g/mol. The third-order valence-electron chi connectivity index (χ3n) is 3.95. The van der Waals surface area contributed by atoms with Crippen LogP contribution in [0.1, 0.15) is 25.3 Å². The van der Waals surface area contributed by atoms with Crippen molar-refractivity contribution < 1.29 is 4.74 Å². The van der Waals surface area contributed by atoms with E-state index in [2.05, 4.69) is 24.0 Å². The molecule has 2 N–H and O–H groups in total. The molecule has 2 atom stereocenters. The second-order valence-electron chi connectivity index (χ2n) is 5.20. The average Bonchev–Trinajstić information content (AvgIpc) is 2.87. The van der Waals surface area contributed by atoms with Gasteiger partial charge in [0.1, 0.15) is 5.75 Å². The van der Waals surface area contributed by atoms with E-state index >= 15 is 0 Å². The monoisotopic (exact) mass is 248 g/mol. The lowest BCUT2D eigenvalue weighted by Gasteiger charge is -2.19. The van der Waals surface area contributed by atoms with Crippen molar-refractivity contribution in [3.8, 4) is 5.75 Å². The highest BCUT2D eigenvalue weighted by atomic mass is 16.5. The van der Waals surface area contributed by atoms with Crippen molar-refractivity contribution in [3.05, 3.63) is 29.8 Å². The van der Waals surface area contributed by atoms with Gasteiger partial charge < -0.3 is 10.5 Å². The lowest BCUT2D eigenvalue weighted by atomic mass is 9.98. The van der Waals surface area contributed by atoms with Crippen LogP contribution in [0.15, 0.2) is 24.3 Å². The largest absolute Gasteiger partial charge is 0.497 e. The molecule has 3 heteroatoms. The summed E-state index contributed by atoms with van der Waals surface area (Å²) in [7, 11) is 1.70. The molecule has 1 fully saturated rings. The topological polar surface area (TPSA) is 38.5 Å². The maximum absolute atomic E-state index is 6.13. The second-order valence-corrected chi connectivity index (χ2v) is 5.20. The van der Waals surface area contributed by atoms with E-state index in [-0.39, 0.29) is 0 Å². The summed E-state index contributed by atoms with van der Waals surface area (Å²) >= 11 is 0.